The van der Waals surface area contributed by atoms with E-state index in [0.29, 0.717) is 5.69 Å². The highest BCUT2D eigenvalue weighted by Crippen LogP contribution is 2.29. The molecule has 0 saturated carbocycles. The van der Waals surface area contributed by atoms with E-state index in [0.717, 1.165) is 10.2 Å². The number of hydrogen-bond donors (Lipinski definition) is 1. The van der Waals surface area contributed by atoms with Crippen LogP contribution in [0.25, 0.3) is 0 Å². The Kier molecular flexibility index (Phi) is 6.47. The number of benzene rings is 1. The van der Waals surface area contributed by atoms with Crippen molar-refractivity contribution in [1.29, 1.82) is 0 Å². The Bertz CT molecular complexity index is 602. The summed E-state index contributed by atoms with van der Waals surface area (Å²) >= 11 is 3.32. The second-order valence-corrected chi connectivity index (χ2v) is 7.41. The molecule has 0 aliphatic rings. The van der Waals surface area contributed by atoms with Crippen molar-refractivity contribution in [1.82, 2.24) is 0 Å². The minimum atomic E-state index is -3.52. The molecule has 1 rings (SSSR count). The van der Waals surface area contributed by atoms with Gasteiger partial charge in [0, 0.05) is 25.0 Å². The first-order valence-electron chi connectivity index (χ1n) is 6.29. The summed E-state index contributed by atoms with van der Waals surface area (Å²) in [6.45, 7) is 0. The number of anilines is 2. The third-order valence-electron chi connectivity index (χ3n) is 2.73. The summed E-state index contributed by atoms with van der Waals surface area (Å²) < 4.78 is 31.9. The number of ether oxygens (including phenoxy) is 1. The van der Waals surface area contributed by atoms with E-state index in [2.05, 4.69) is 25.4 Å². The van der Waals surface area contributed by atoms with E-state index < -0.39 is 16.0 Å². The highest BCUT2D eigenvalue weighted by Gasteiger charge is 2.15. The predicted molar refractivity (Wildman–Crippen MR) is 87.1 cm³/mol. The van der Waals surface area contributed by atoms with Gasteiger partial charge in [0.1, 0.15) is 0 Å². The highest BCUT2D eigenvalue weighted by atomic mass is 79.9. The Morgan fingerprint density at radius 2 is 2.05 bits per heavy atom. The van der Waals surface area contributed by atoms with Gasteiger partial charge in [0.05, 0.1) is 24.2 Å². The molecule has 8 heteroatoms. The fraction of sp³-hybridized carbons (Fsp3) is 0.462. The van der Waals surface area contributed by atoms with Crippen LogP contribution >= 0.6 is 15.9 Å². The van der Waals surface area contributed by atoms with Crippen LogP contribution in [0.1, 0.15) is 12.8 Å². The van der Waals surface area contributed by atoms with Crippen molar-refractivity contribution < 1.29 is 17.9 Å². The summed E-state index contributed by atoms with van der Waals surface area (Å²) in [5.41, 5.74) is 1.25. The van der Waals surface area contributed by atoms with Crippen LogP contribution in [0.15, 0.2) is 22.7 Å². The van der Waals surface area contributed by atoms with Gasteiger partial charge in [-0.2, -0.15) is 0 Å². The molecule has 0 spiro atoms. The molecular weight excluding hydrogens is 360 g/mol. The normalized spacial score (nSPS) is 11.0. The number of hydrogen-bond acceptors (Lipinski definition) is 5. The van der Waals surface area contributed by atoms with Crippen LogP contribution in [0.2, 0.25) is 0 Å². The minimum absolute atomic E-state index is 0.0798. The third-order valence-corrected chi connectivity index (χ3v) is 4.58. The van der Waals surface area contributed by atoms with Gasteiger partial charge >= 0.3 is 5.97 Å². The summed E-state index contributed by atoms with van der Waals surface area (Å²) in [7, 11) is 1.42. The monoisotopic (exact) mass is 378 g/mol. The zero-order valence-electron chi connectivity index (χ0n) is 12.2. The molecule has 0 amide bonds. The van der Waals surface area contributed by atoms with Gasteiger partial charge in [0.15, 0.2) is 0 Å². The Morgan fingerprint density at radius 1 is 1.38 bits per heavy atom. The van der Waals surface area contributed by atoms with Crippen LogP contribution < -0.4 is 9.62 Å². The number of esters is 1. The number of nitrogens with zero attached hydrogens (tertiary/aromatic N) is 1. The van der Waals surface area contributed by atoms with E-state index in [4.69, 9.17) is 0 Å². The van der Waals surface area contributed by atoms with Gasteiger partial charge in [0.25, 0.3) is 0 Å². The molecule has 0 unspecified atom stereocenters. The van der Waals surface area contributed by atoms with Gasteiger partial charge < -0.3 is 9.64 Å². The first kappa shape index (κ1) is 17.8. The molecule has 1 aromatic rings. The Hall–Kier alpha value is -1.28. The Labute approximate surface area is 133 Å². The molecule has 0 fully saturated rings. The number of methoxy groups -OCH3 is 1. The maximum atomic E-state index is 12.1. The van der Waals surface area contributed by atoms with E-state index >= 15 is 0 Å². The smallest absolute Gasteiger partial charge is 0.305 e. The van der Waals surface area contributed by atoms with Crippen LogP contribution in [0.4, 0.5) is 11.4 Å². The van der Waals surface area contributed by atoms with E-state index in [1.807, 2.05) is 31.1 Å². The number of nitrogens with one attached hydrogen (secondary N) is 1. The Balaban J connectivity index is 2.79. The minimum Gasteiger partial charge on any atom is -0.469 e. The van der Waals surface area contributed by atoms with Crippen molar-refractivity contribution in [3.8, 4) is 0 Å². The van der Waals surface area contributed by atoms with E-state index in [-0.39, 0.29) is 18.6 Å². The summed E-state index contributed by atoms with van der Waals surface area (Å²) in [6.07, 6.45) is 0.295. The average Bonchev–Trinajstić information content (AvgIpc) is 2.37. The fourth-order valence-electron chi connectivity index (χ4n) is 1.71. The molecule has 1 N–H and O–H groups in total. The lowest BCUT2D eigenvalue weighted by molar-refractivity contribution is -0.140. The van der Waals surface area contributed by atoms with E-state index in [9.17, 15) is 13.2 Å². The lowest BCUT2D eigenvalue weighted by Gasteiger charge is -2.18. The molecule has 6 nitrogen and oxygen atoms in total. The fourth-order valence-corrected chi connectivity index (χ4v) is 3.19. The zero-order valence-corrected chi connectivity index (χ0v) is 14.6. The maximum Gasteiger partial charge on any atom is 0.305 e. The number of halogens is 1. The second kappa shape index (κ2) is 7.65. The van der Waals surface area contributed by atoms with Gasteiger partial charge in [-0.3, -0.25) is 9.52 Å². The van der Waals surface area contributed by atoms with Crippen LogP contribution in [0.3, 0.4) is 0 Å². The van der Waals surface area contributed by atoms with Gasteiger partial charge in [-0.25, -0.2) is 8.42 Å². The average molecular weight is 379 g/mol. The quantitative estimate of drug-likeness (QED) is 0.736. The summed E-state index contributed by atoms with van der Waals surface area (Å²) in [6, 6.07) is 5.36. The molecule has 0 atom stereocenters. The van der Waals surface area contributed by atoms with Crippen LogP contribution in [0, 0.1) is 0 Å². The topological polar surface area (TPSA) is 75.7 Å². The van der Waals surface area contributed by atoms with Crippen LogP contribution in [-0.4, -0.2) is 41.3 Å². The molecule has 0 aliphatic heterocycles. The summed E-state index contributed by atoms with van der Waals surface area (Å²) in [5.74, 6) is -0.553. The first-order valence-corrected chi connectivity index (χ1v) is 8.74. The van der Waals surface area contributed by atoms with Crippen molar-refractivity contribution in [2.24, 2.45) is 0 Å². The van der Waals surface area contributed by atoms with Crippen molar-refractivity contribution in [2.75, 3.05) is 36.6 Å². The third kappa shape index (κ3) is 5.92. The maximum absolute atomic E-state index is 12.1. The molecule has 0 radical (unpaired) electrons. The van der Waals surface area contributed by atoms with Crippen LogP contribution in [-0.2, 0) is 19.6 Å². The molecule has 0 bridgehead atoms. The standard InChI is InChI=1S/C13H19BrN2O4S/c1-16(2)12-7-6-10(14)9-11(12)15-21(18,19)8-4-5-13(17)20-3/h6-7,9,15H,4-5,8H2,1-3H3. The first-order chi connectivity index (χ1) is 9.75. The van der Waals surface area contributed by atoms with Gasteiger partial charge in [0.2, 0.25) is 10.0 Å². The summed E-state index contributed by atoms with van der Waals surface area (Å²) in [5, 5.41) is 0. The van der Waals surface area contributed by atoms with E-state index in [1.54, 1.807) is 6.07 Å². The van der Waals surface area contributed by atoms with Crippen molar-refractivity contribution in [3.05, 3.63) is 22.7 Å². The molecule has 0 aliphatic carbocycles. The molecule has 118 valence electrons. The SMILES string of the molecule is COC(=O)CCCS(=O)(=O)Nc1cc(Br)ccc1N(C)C. The Morgan fingerprint density at radius 3 is 2.62 bits per heavy atom. The van der Waals surface area contributed by atoms with Crippen molar-refractivity contribution >= 4 is 43.3 Å². The molecule has 0 saturated heterocycles. The lowest BCUT2D eigenvalue weighted by atomic mass is 10.2. The molecule has 0 aromatic heterocycles. The number of sulfonamides is 1. The van der Waals surface area contributed by atoms with E-state index in [1.165, 1.54) is 7.11 Å². The lowest BCUT2D eigenvalue weighted by Crippen LogP contribution is -2.20. The molecular formula is C13H19BrN2O4S. The van der Waals surface area contributed by atoms with Gasteiger partial charge in [-0.05, 0) is 24.6 Å². The largest absolute Gasteiger partial charge is 0.469 e. The number of carbonyl (C=O) groups is 1. The molecule has 0 heterocycles. The van der Waals surface area contributed by atoms with Crippen molar-refractivity contribution in [3.63, 3.8) is 0 Å². The van der Waals surface area contributed by atoms with Crippen LogP contribution in [0.5, 0.6) is 0 Å². The molecule has 21 heavy (non-hydrogen) atoms. The van der Waals surface area contributed by atoms with Crippen molar-refractivity contribution in [2.45, 2.75) is 12.8 Å². The zero-order chi connectivity index (χ0) is 16.0. The van der Waals surface area contributed by atoms with Gasteiger partial charge in [-0.15, -0.1) is 0 Å². The number of carbonyl (C=O) groups excluding carboxylic acids is 1. The highest BCUT2D eigenvalue weighted by molar-refractivity contribution is 9.10. The molecule has 1 aromatic carbocycles. The second-order valence-electron chi connectivity index (χ2n) is 4.66. The predicted octanol–water partition coefficient (Wildman–Crippen LogP) is 2.21. The number of rotatable bonds is 7. The van der Waals surface area contributed by atoms with Gasteiger partial charge in [-0.1, -0.05) is 15.9 Å². The summed E-state index contributed by atoms with van der Waals surface area (Å²) in [4.78, 5) is 12.8.